The second-order valence-electron chi connectivity index (χ2n) is 6.20. The van der Waals surface area contributed by atoms with Crippen molar-refractivity contribution in [3.8, 4) is 0 Å². The van der Waals surface area contributed by atoms with Crippen LogP contribution in [0.3, 0.4) is 0 Å². The summed E-state index contributed by atoms with van der Waals surface area (Å²) < 4.78 is 2.13. The summed E-state index contributed by atoms with van der Waals surface area (Å²) in [4.78, 5) is 13.7. The molecule has 1 amide bonds. The Morgan fingerprint density at radius 3 is 2.91 bits per heavy atom. The van der Waals surface area contributed by atoms with E-state index in [0.29, 0.717) is 19.5 Å². The number of hydrogen-bond acceptors (Lipinski definition) is 5. The Balaban J connectivity index is 2.02. The summed E-state index contributed by atoms with van der Waals surface area (Å²) in [5.41, 5.74) is -0.941. The van der Waals surface area contributed by atoms with Gasteiger partial charge in [0.05, 0.1) is 18.6 Å². The largest absolute Gasteiger partial charge is 0.388 e. The van der Waals surface area contributed by atoms with Crippen molar-refractivity contribution in [3.63, 3.8) is 0 Å². The van der Waals surface area contributed by atoms with Crippen molar-refractivity contribution in [3.05, 3.63) is 11.6 Å². The summed E-state index contributed by atoms with van der Waals surface area (Å²) in [7, 11) is 1.60. The van der Waals surface area contributed by atoms with Crippen LogP contribution in [0.4, 0.5) is 0 Å². The van der Waals surface area contributed by atoms with Crippen LogP contribution in [0.25, 0.3) is 0 Å². The maximum Gasteiger partial charge on any atom is 0.222 e. The quantitative estimate of drug-likeness (QED) is 0.797. The first kappa shape index (κ1) is 16.9. The average molecular weight is 309 g/mol. The van der Waals surface area contributed by atoms with Gasteiger partial charge in [-0.3, -0.25) is 9.69 Å². The number of β-amino-alcohol motifs (C(OH)–C–C–N with tert-alkyl or cyclic N) is 1. The van der Waals surface area contributed by atoms with E-state index in [0.717, 1.165) is 37.6 Å². The fourth-order valence-corrected chi connectivity index (χ4v) is 3.13. The molecule has 2 heterocycles. The topological polar surface area (TPSA) is 83.3 Å². The van der Waals surface area contributed by atoms with Crippen molar-refractivity contribution in [2.24, 2.45) is 0 Å². The zero-order chi connectivity index (χ0) is 16.2. The summed E-state index contributed by atoms with van der Waals surface area (Å²) in [5.74, 6) is 1.74. The molecule has 0 radical (unpaired) electrons. The smallest absolute Gasteiger partial charge is 0.222 e. The van der Waals surface area contributed by atoms with Crippen LogP contribution in [0.15, 0.2) is 0 Å². The van der Waals surface area contributed by atoms with E-state index >= 15 is 0 Å². The molecule has 1 fully saturated rings. The van der Waals surface area contributed by atoms with Crippen LogP contribution >= 0.6 is 0 Å². The van der Waals surface area contributed by atoms with E-state index in [-0.39, 0.29) is 12.3 Å². The molecule has 0 bridgehead atoms. The highest BCUT2D eigenvalue weighted by atomic mass is 16.3. The monoisotopic (exact) mass is 309 g/mol. The number of piperidine rings is 1. The van der Waals surface area contributed by atoms with E-state index in [1.165, 1.54) is 0 Å². The van der Waals surface area contributed by atoms with Gasteiger partial charge in [0.2, 0.25) is 5.91 Å². The van der Waals surface area contributed by atoms with Gasteiger partial charge in [0, 0.05) is 20.1 Å². The normalized spacial score (nSPS) is 22.7. The molecule has 1 saturated heterocycles. The first-order chi connectivity index (χ1) is 10.5. The van der Waals surface area contributed by atoms with Crippen LogP contribution in [0.1, 0.15) is 44.3 Å². The van der Waals surface area contributed by atoms with Gasteiger partial charge in [-0.1, -0.05) is 6.92 Å². The Morgan fingerprint density at radius 1 is 1.45 bits per heavy atom. The summed E-state index contributed by atoms with van der Waals surface area (Å²) >= 11 is 0. The molecule has 124 valence electrons. The van der Waals surface area contributed by atoms with Gasteiger partial charge in [-0.15, -0.1) is 10.2 Å². The maximum atomic E-state index is 11.6. The molecule has 0 aromatic carbocycles. The van der Waals surface area contributed by atoms with Crippen LogP contribution < -0.4 is 5.32 Å². The fraction of sp³-hybridized carbons (Fsp3) is 0.800. The molecule has 1 aliphatic rings. The first-order valence-electron chi connectivity index (χ1n) is 8.01. The maximum absolute atomic E-state index is 11.6. The first-order valence-corrected chi connectivity index (χ1v) is 8.01. The average Bonchev–Trinajstić information content (AvgIpc) is 2.80. The molecule has 22 heavy (non-hydrogen) atoms. The number of nitrogens with zero attached hydrogens (tertiary/aromatic N) is 4. The SMILES string of the molecule is CCCn1c(C)nnc1CN1CCCC(O)(CC(=O)NC)C1. The van der Waals surface area contributed by atoms with E-state index in [1.807, 2.05) is 6.92 Å². The number of carbonyl (C=O) groups excluding carboxylic acids is 1. The van der Waals surface area contributed by atoms with E-state index in [9.17, 15) is 9.90 Å². The summed E-state index contributed by atoms with van der Waals surface area (Å²) in [6.45, 7) is 7.07. The van der Waals surface area contributed by atoms with Gasteiger partial charge in [-0.2, -0.15) is 0 Å². The van der Waals surface area contributed by atoms with Crippen molar-refractivity contribution in [1.82, 2.24) is 25.0 Å². The standard InChI is InChI=1S/C15H27N5O2/c1-4-7-20-12(2)17-18-13(20)10-19-8-5-6-15(22,11-19)9-14(21)16-3/h22H,4-11H2,1-3H3,(H,16,21). The van der Waals surface area contributed by atoms with Crippen LogP contribution in [-0.4, -0.2) is 56.4 Å². The van der Waals surface area contributed by atoms with Gasteiger partial charge < -0.3 is 15.0 Å². The number of nitrogens with one attached hydrogen (secondary N) is 1. The molecule has 0 saturated carbocycles. The Labute approximate surface area is 131 Å². The number of amides is 1. The number of carbonyl (C=O) groups is 1. The molecule has 1 aromatic heterocycles. The minimum Gasteiger partial charge on any atom is -0.388 e. The molecule has 1 unspecified atom stereocenters. The molecule has 7 nitrogen and oxygen atoms in total. The van der Waals surface area contributed by atoms with Crippen molar-refractivity contribution >= 4 is 5.91 Å². The van der Waals surface area contributed by atoms with Crippen molar-refractivity contribution < 1.29 is 9.90 Å². The molecule has 0 spiro atoms. The molecule has 2 rings (SSSR count). The van der Waals surface area contributed by atoms with Gasteiger partial charge in [-0.25, -0.2) is 0 Å². The third-order valence-electron chi connectivity index (χ3n) is 4.23. The van der Waals surface area contributed by atoms with Gasteiger partial charge in [0.25, 0.3) is 0 Å². The minimum absolute atomic E-state index is 0.116. The van der Waals surface area contributed by atoms with E-state index in [4.69, 9.17) is 0 Å². The lowest BCUT2D eigenvalue weighted by Gasteiger charge is -2.38. The van der Waals surface area contributed by atoms with Crippen LogP contribution in [-0.2, 0) is 17.9 Å². The van der Waals surface area contributed by atoms with Gasteiger partial charge >= 0.3 is 0 Å². The Morgan fingerprint density at radius 2 is 2.23 bits per heavy atom. The van der Waals surface area contributed by atoms with E-state index in [1.54, 1.807) is 7.05 Å². The number of aliphatic hydroxyl groups is 1. The zero-order valence-electron chi connectivity index (χ0n) is 13.8. The van der Waals surface area contributed by atoms with Crippen LogP contribution in [0, 0.1) is 6.92 Å². The molecule has 0 aliphatic carbocycles. The van der Waals surface area contributed by atoms with Crippen molar-refractivity contribution in [2.75, 3.05) is 20.1 Å². The Kier molecular flexibility index (Phi) is 5.52. The number of aryl methyl sites for hydroxylation is 1. The molecule has 7 heteroatoms. The molecule has 1 aliphatic heterocycles. The highest BCUT2D eigenvalue weighted by Crippen LogP contribution is 2.25. The molecular weight excluding hydrogens is 282 g/mol. The third-order valence-corrected chi connectivity index (χ3v) is 4.23. The van der Waals surface area contributed by atoms with Crippen LogP contribution in [0.2, 0.25) is 0 Å². The highest BCUT2D eigenvalue weighted by molar-refractivity contribution is 5.76. The minimum atomic E-state index is -0.941. The van der Waals surface area contributed by atoms with Crippen molar-refractivity contribution in [1.29, 1.82) is 0 Å². The third kappa shape index (κ3) is 4.04. The van der Waals surface area contributed by atoms with Crippen LogP contribution in [0.5, 0.6) is 0 Å². The molecule has 2 N–H and O–H groups in total. The summed E-state index contributed by atoms with van der Waals surface area (Å²) in [5, 5.41) is 21.7. The Hall–Kier alpha value is -1.47. The second-order valence-corrected chi connectivity index (χ2v) is 6.20. The predicted molar refractivity (Wildman–Crippen MR) is 83.2 cm³/mol. The lowest BCUT2D eigenvalue weighted by molar-refractivity contribution is -0.128. The second kappa shape index (κ2) is 7.19. The van der Waals surface area contributed by atoms with Gasteiger partial charge in [0.15, 0.2) is 0 Å². The zero-order valence-corrected chi connectivity index (χ0v) is 13.8. The number of likely N-dealkylation sites (tertiary alicyclic amines) is 1. The Bertz CT molecular complexity index is 516. The van der Waals surface area contributed by atoms with Gasteiger partial charge in [0.1, 0.15) is 11.6 Å². The number of hydrogen-bond donors (Lipinski definition) is 2. The van der Waals surface area contributed by atoms with E-state index in [2.05, 4.69) is 31.9 Å². The lowest BCUT2D eigenvalue weighted by atomic mass is 9.89. The fourth-order valence-electron chi connectivity index (χ4n) is 3.13. The highest BCUT2D eigenvalue weighted by Gasteiger charge is 2.35. The number of rotatable bonds is 6. The predicted octanol–water partition coefficient (Wildman–Crippen LogP) is 0.460. The van der Waals surface area contributed by atoms with Gasteiger partial charge in [-0.05, 0) is 32.7 Å². The lowest BCUT2D eigenvalue weighted by Crippen LogP contribution is -2.50. The van der Waals surface area contributed by atoms with Crippen molar-refractivity contribution in [2.45, 2.75) is 58.2 Å². The summed E-state index contributed by atoms with van der Waals surface area (Å²) in [6.07, 6.45) is 2.74. The number of aromatic nitrogens is 3. The summed E-state index contributed by atoms with van der Waals surface area (Å²) in [6, 6.07) is 0. The molecular formula is C15H27N5O2. The molecule has 1 aromatic rings. The molecule has 1 atom stereocenters. The van der Waals surface area contributed by atoms with E-state index < -0.39 is 5.60 Å².